The summed E-state index contributed by atoms with van der Waals surface area (Å²) in [6, 6.07) is 15.9. The molecule has 140 valence electrons. The summed E-state index contributed by atoms with van der Waals surface area (Å²) < 4.78 is 5.82. The van der Waals surface area contributed by atoms with E-state index in [2.05, 4.69) is 10.3 Å². The lowest BCUT2D eigenvalue weighted by atomic mass is 10.2. The molecule has 1 fully saturated rings. The molecule has 1 aliphatic rings. The number of amidine groups is 1. The fourth-order valence-corrected chi connectivity index (χ4v) is 4.02. The van der Waals surface area contributed by atoms with Crippen molar-refractivity contribution in [1.82, 2.24) is 5.32 Å². The number of hydrogen-bond donors (Lipinski definition) is 1. The summed E-state index contributed by atoms with van der Waals surface area (Å²) in [5.74, 6) is 0.859. The molecule has 4 nitrogen and oxygen atoms in total. The van der Waals surface area contributed by atoms with Crippen molar-refractivity contribution in [3.63, 3.8) is 0 Å². The Hall–Kier alpha value is -2.18. The van der Waals surface area contributed by atoms with Gasteiger partial charge in [0.2, 0.25) is 0 Å². The van der Waals surface area contributed by atoms with Crippen molar-refractivity contribution in [2.45, 2.75) is 0 Å². The molecule has 4 rings (SSSR count). The number of aliphatic imine (C=N–C) groups is 1. The fraction of sp³-hybridized carbons (Fsp3) is 0. The van der Waals surface area contributed by atoms with Crippen LogP contribution < -0.4 is 5.32 Å². The number of thioether (sulfide) groups is 1. The number of nitrogens with zero attached hydrogens (tertiary/aromatic N) is 1. The molecule has 0 atom stereocenters. The van der Waals surface area contributed by atoms with Gasteiger partial charge in [-0.2, -0.15) is 0 Å². The van der Waals surface area contributed by atoms with Crippen LogP contribution in [-0.4, -0.2) is 11.1 Å². The van der Waals surface area contributed by atoms with Gasteiger partial charge >= 0.3 is 0 Å². The normalized spacial score (nSPS) is 16.8. The second-order valence-corrected chi connectivity index (χ2v) is 8.04. The highest BCUT2D eigenvalue weighted by atomic mass is 35.5. The van der Waals surface area contributed by atoms with Crippen molar-refractivity contribution in [1.29, 1.82) is 0 Å². The number of amides is 1. The summed E-state index contributed by atoms with van der Waals surface area (Å²) in [5, 5.41) is 4.73. The predicted octanol–water partition coefficient (Wildman–Crippen LogP) is 6.80. The molecule has 3 aromatic rings. The molecule has 1 N–H and O–H groups in total. The van der Waals surface area contributed by atoms with Gasteiger partial charge in [0.1, 0.15) is 11.5 Å². The van der Waals surface area contributed by atoms with Crippen LogP contribution in [0.5, 0.6) is 0 Å². The van der Waals surface area contributed by atoms with E-state index >= 15 is 0 Å². The van der Waals surface area contributed by atoms with E-state index in [0.29, 0.717) is 42.3 Å². The number of carbonyl (C=O) groups is 1. The van der Waals surface area contributed by atoms with E-state index in [1.807, 2.05) is 12.1 Å². The first-order valence-corrected chi connectivity index (χ1v) is 10.0. The van der Waals surface area contributed by atoms with Gasteiger partial charge in [0.25, 0.3) is 5.91 Å². The number of furan rings is 1. The highest BCUT2D eigenvalue weighted by molar-refractivity contribution is 8.18. The van der Waals surface area contributed by atoms with Crippen molar-refractivity contribution in [2.75, 3.05) is 0 Å². The van der Waals surface area contributed by atoms with Gasteiger partial charge in [-0.05, 0) is 54.2 Å². The molecule has 0 saturated carbocycles. The molecule has 28 heavy (non-hydrogen) atoms. The largest absolute Gasteiger partial charge is 0.457 e. The van der Waals surface area contributed by atoms with E-state index in [4.69, 9.17) is 39.2 Å². The van der Waals surface area contributed by atoms with Crippen molar-refractivity contribution in [2.24, 2.45) is 4.99 Å². The van der Waals surface area contributed by atoms with Gasteiger partial charge in [0.15, 0.2) is 5.17 Å². The molecule has 2 aromatic carbocycles. The van der Waals surface area contributed by atoms with Gasteiger partial charge in [0, 0.05) is 16.7 Å². The zero-order valence-corrected chi connectivity index (χ0v) is 17.2. The molecule has 8 heteroatoms. The van der Waals surface area contributed by atoms with Crippen molar-refractivity contribution >= 4 is 69.4 Å². The lowest BCUT2D eigenvalue weighted by Gasteiger charge is -2.00. The van der Waals surface area contributed by atoms with Crippen LogP contribution in [0.3, 0.4) is 0 Å². The van der Waals surface area contributed by atoms with E-state index in [9.17, 15) is 4.79 Å². The number of rotatable bonds is 3. The molecule has 2 heterocycles. The lowest BCUT2D eigenvalue weighted by molar-refractivity contribution is -0.115. The number of nitrogens with one attached hydrogen (secondary N) is 1. The molecule has 1 saturated heterocycles. The first kappa shape index (κ1) is 19.2. The number of halogens is 3. The summed E-state index contributed by atoms with van der Waals surface area (Å²) >= 11 is 19.5. The number of benzene rings is 2. The van der Waals surface area contributed by atoms with Crippen LogP contribution in [0.1, 0.15) is 5.76 Å². The van der Waals surface area contributed by atoms with E-state index in [1.54, 1.807) is 48.5 Å². The maximum atomic E-state index is 12.2. The molecule has 0 radical (unpaired) electrons. The summed E-state index contributed by atoms with van der Waals surface area (Å²) in [4.78, 5) is 17.1. The smallest absolute Gasteiger partial charge is 0.264 e. The summed E-state index contributed by atoms with van der Waals surface area (Å²) in [6.07, 6.45) is 1.66. The predicted molar refractivity (Wildman–Crippen MR) is 116 cm³/mol. The zero-order chi connectivity index (χ0) is 19.7. The third-order valence-electron chi connectivity index (χ3n) is 3.82. The van der Waals surface area contributed by atoms with E-state index in [1.165, 1.54) is 11.8 Å². The topological polar surface area (TPSA) is 54.6 Å². The highest BCUT2D eigenvalue weighted by Crippen LogP contribution is 2.34. The van der Waals surface area contributed by atoms with Crippen LogP contribution in [0.2, 0.25) is 15.1 Å². The highest BCUT2D eigenvalue weighted by Gasteiger charge is 2.24. The minimum Gasteiger partial charge on any atom is -0.457 e. The van der Waals surface area contributed by atoms with Crippen LogP contribution in [-0.2, 0) is 4.79 Å². The second-order valence-electron chi connectivity index (χ2n) is 5.76. The van der Waals surface area contributed by atoms with Gasteiger partial charge in [-0.25, -0.2) is 4.99 Å². The zero-order valence-electron chi connectivity index (χ0n) is 14.1. The molecule has 1 aromatic heterocycles. The van der Waals surface area contributed by atoms with Crippen LogP contribution in [0.15, 0.2) is 68.9 Å². The Bertz CT molecular complexity index is 1140. The molecule has 0 aliphatic carbocycles. The maximum absolute atomic E-state index is 12.2. The standard InChI is InChI=1S/C20H11Cl3N2O2S/c21-11-5-7-13(15(23)9-11)17-8-6-12(27-17)10-18-19(26)25-20(28-18)24-16-4-2-1-3-14(16)22/h1-10H,(H,24,25,26)/b18-10+. The van der Waals surface area contributed by atoms with Crippen LogP contribution >= 0.6 is 46.6 Å². The first-order chi connectivity index (χ1) is 13.5. The Morgan fingerprint density at radius 2 is 1.82 bits per heavy atom. The Morgan fingerprint density at radius 3 is 2.61 bits per heavy atom. The monoisotopic (exact) mass is 448 g/mol. The van der Waals surface area contributed by atoms with Crippen LogP contribution in [0, 0.1) is 0 Å². The molecule has 0 bridgehead atoms. The van der Waals surface area contributed by atoms with E-state index in [-0.39, 0.29) is 5.91 Å². The molecule has 0 unspecified atom stereocenters. The third kappa shape index (κ3) is 4.13. The first-order valence-electron chi connectivity index (χ1n) is 8.09. The van der Waals surface area contributed by atoms with Gasteiger partial charge in [-0.15, -0.1) is 0 Å². The van der Waals surface area contributed by atoms with Crippen molar-refractivity contribution < 1.29 is 9.21 Å². The maximum Gasteiger partial charge on any atom is 0.264 e. The lowest BCUT2D eigenvalue weighted by Crippen LogP contribution is -2.19. The van der Waals surface area contributed by atoms with Gasteiger partial charge < -0.3 is 9.73 Å². The van der Waals surface area contributed by atoms with Gasteiger partial charge in [-0.3, -0.25) is 4.79 Å². The molecular weight excluding hydrogens is 439 g/mol. The summed E-state index contributed by atoms with van der Waals surface area (Å²) in [6.45, 7) is 0. The van der Waals surface area contributed by atoms with E-state index < -0.39 is 0 Å². The fourth-order valence-electron chi connectivity index (χ4n) is 2.53. The Balaban J connectivity index is 1.57. The number of hydrogen-bond acceptors (Lipinski definition) is 4. The molecule has 1 amide bonds. The van der Waals surface area contributed by atoms with Crippen LogP contribution in [0.4, 0.5) is 5.69 Å². The molecular formula is C20H11Cl3N2O2S. The Kier molecular flexibility index (Phi) is 5.51. The minimum atomic E-state index is -0.252. The van der Waals surface area contributed by atoms with Crippen molar-refractivity contribution in [3.8, 4) is 11.3 Å². The van der Waals surface area contributed by atoms with Crippen LogP contribution in [0.25, 0.3) is 17.4 Å². The average Bonchev–Trinajstić information content (AvgIpc) is 3.24. The van der Waals surface area contributed by atoms with Gasteiger partial charge in [0.05, 0.1) is 20.6 Å². The summed E-state index contributed by atoms with van der Waals surface area (Å²) in [7, 11) is 0. The van der Waals surface area contributed by atoms with Gasteiger partial charge in [-0.1, -0.05) is 46.9 Å². The minimum absolute atomic E-state index is 0.252. The Labute approximate surface area is 180 Å². The Morgan fingerprint density at radius 1 is 1.00 bits per heavy atom. The number of carbonyl (C=O) groups excluding carboxylic acids is 1. The van der Waals surface area contributed by atoms with E-state index in [0.717, 1.165) is 5.56 Å². The number of para-hydroxylation sites is 1. The summed E-state index contributed by atoms with van der Waals surface area (Å²) in [5.41, 5.74) is 1.31. The molecule has 0 spiro atoms. The average molecular weight is 450 g/mol. The quantitative estimate of drug-likeness (QED) is 0.447. The SMILES string of the molecule is O=C1NC(=Nc2ccccc2Cl)S/C1=C/c1ccc(-c2ccc(Cl)cc2Cl)o1. The molecule has 1 aliphatic heterocycles. The van der Waals surface area contributed by atoms with Crippen molar-refractivity contribution in [3.05, 3.63) is 80.3 Å². The third-order valence-corrected chi connectivity index (χ3v) is 5.60. The second kappa shape index (κ2) is 8.05.